The molecule has 1 atom stereocenters. The van der Waals surface area contributed by atoms with E-state index in [0.29, 0.717) is 40.8 Å². The third kappa shape index (κ3) is 4.28. The van der Waals surface area contributed by atoms with Crippen molar-refractivity contribution in [3.63, 3.8) is 0 Å². The molecule has 2 aromatic carbocycles. The minimum absolute atomic E-state index is 0.140. The molecular weight excluding hydrogens is 515 g/mol. The van der Waals surface area contributed by atoms with E-state index in [2.05, 4.69) is 4.99 Å². The van der Waals surface area contributed by atoms with E-state index in [1.54, 1.807) is 11.0 Å². The lowest BCUT2D eigenvalue weighted by molar-refractivity contribution is -0.140. The Morgan fingerprint density at radius 3 is 2.49 bits per heavy atom. The number of aromatic hydroxyl groups is 1. The molecule has 2 aromatic rings. The maximum atomic E-state index is 15.2. The van der Waals surface area contributed by atoms with Gasteiger partial charge in [0.15, 0.2) is 16.7 Å². The van der Waals surface area contributed by atoms with Crippen molar-refractivity contribution in [2.45, 2.75) is 62.8 Å². The number of aliphatic carboxylic acids is 1. The first-order chi connectivity index (χ1) is 18.8. The van der Waals surface area contributed by atoms with Crippen molar-refractivity contribution < 1.29 is 24.2 Å². The lowest BCUT2D eigenvalue weighted by Gasteiger charge is -2.57. The second-order valence-electron chi connectivity index (χ2n) is 12.2. The number of carboxylic acid groups (broad SMARTS) is 1. The van der Waals surface area contributed by atoms with E-state index in [4.69, 9.17) is 0 Å². The topological polar surface area (TPSA) is 90.2 Å². The monoisotopic (exact) mass is 546 g/mol. The van der Waals surface area contributed by atoms with E-state index >= 15 is 4.39 Å². The SMILES string of the molecule is O=C1N=C(N2CCC[C@H]2C(=O)O)S/C1=C\c1cccc(-c2cc(F)c(O)c(C34CC5CC(CC(C5)C3)C4)c2)c1. The summed E-state index contributed by atoms with van der Waals surface area (Å²) in [4.78, 5) is 30.6. The van der Waals surface area contributed by atoms with Crippen molar-refractivity contribution in [3.8, 4) is 16.9 Å². The molecule has 8 heteroatoms. The molecule has 8 rings (SSSR count). The van der Waals surface area contributed by atoms with Crippen molar-refractivity contribution in [2.24, 2.45) is 22.7 Å². The number of carboxylic acids is 1. The highest BCUT2D eigenvalue weighted by Gasteiger charge is 2.52. The highest BCUT2D eigenvalue weighted by atomic mass is 32.2. The number of nitrogens with zero attached hydrogens (tertiary/aromatic N) is 2. The van der Waals surface area contributed by atoms with Gasteiger partial charge in [0, 0.05) is 12.1 Å². The Bertz CT molecular complexity index is 1410. The van der Waals surface area contributed by atoms with Gasteiger partial charge in [0.25, 0.3) is 5.91 Å². The molecule has 2 aliphatic heterocycles. The van der Waals surface area contributed by atoms with E-state index in [1.807, 2.05) is 30.3 Å². The lowest BCUT2D eigenvalue weighted by atomic mass is 9.48. The Morgan fingerprint density at radius 2 is 1.79 bits per heavy atom. The molecule has 4 bridgehead atoms. The fraction of sp³-hybridized carbons (Fsp3) is 0.452. The van der Waals surface area contributed by atoms with Crippen LogP contribution in [0.15, 0.2) is 46.3 Å². The summed E-state index contributed by atoms with van der Waals surface area (Å²) in [5.41, 5.74) is 2.94. The van der Waals surface area contributed by atoms with Crippen LogP contribution in [-0.2, 0) is 15.0 Å². The molecule has 0 aromatic heterocycles. The number of thioether (sulfide) groups is 1. The summed E-state index contributed by atoms with van der Waals surface area (Å²) in [6, 6.07) is 10.3. The van der Waals surface area contributed by atoms with Crippen LogP contribution >= 0.6 is 11.8 Å². The molecule has 5 fully saturated rings. The highest BCUT2D eigenvalue weighted by Crippen LogP contribution is 2.62. The molecule has 6 aliphatic rings. The van der Waals surface area contributed by atoms with Crippen molar-refractivity contribution in [2.75, 3.05) is 6.54 Å². The van der Waals surface area contributed by atoms with Gasteiger partial charge in [-0.1, -0.05) is 18.2 Å². The second-order valence-corrected chi connectivity index (χ2v) is 13.2. The average molecular weight is 547 g/mol. The van der Waals surface area contributed by atoms with Crippen LogP contribution < -0.4 is 0 Å². The summed E-state index contributed by atoms with van der Waals surface area (Å²) in [6.07, 6.45) is 9.96. The number of phenols is 1. The number of carbonyl (C=O) groups is 2. The van der Waals surface area contributed by atoms with Crippen LogP contribution in [0, 0.1) is 23.6 Å². The van der Waals surface area contributed by atoms with Crippen LogP contribution in [0.2, 0.25) is 0 Å². The van der Waals surface area contributed by atoms with Crippen molar-refractivity contribution >= 4 is 34.9 Å². The number of amidine groups is 1. The van der Waals surface area contributed by atoms with Crippen molar-refractivity contribution in [3.05, 3.63) is 58.2 Å². The van der Waals surface area contributed by atoms with Gasteiger partial charge >= 0.3 is 5.97 Å². The summed E-state index contributed by atoms with van der Waals surface area (Å²) in [5.74, 6) is -0.0244. The van der Waals surface area contributed by atoms with Crippen LogP contribution in [-0.4, -0.2) is 44.7 Å². The molecule has 4 aliphatic carbocycles. The first-order valence-electron chi connectivity index (χ1n) is 13.9. The number of rotatable bonds is 4. The molecule has 2 heterocycles. The normalized spacial score (nSPS) is 32.3. The van der Waals surface area contributed by atoms with E-state index in [0.717, 1.165) is 47.9 Å². The second kappa shape index (κ2) is 9.22. The standard InChI is InChI=1S/C31H31FN2O4S/c32-24-13-22(12-23(27(24)35)31-14-18-7-19(15-31)9-20(8-18)16-31)21-4-1-3-17(10-21)11-26-28(36)33-30(39-26)34-6-2-5-25(34)29(37)38/h1,3-4,10-13,18-20,25,35H,2,5-9,14-16H2,(H,37,38)/b26-11-/t18?,19?,20?,25-,31?/m0/s1. The third-order valence-electron chi connectivity index (χ3n) is 9.58. The van der Waals surface area contributed by atoms with E-state index in [-0.39, 0.29) is 17.1 Å². The van der Waals surface area contributed by atoms with E-state index < -0.39 is 17.8 Å². The largest absolute Gasteiger partial charge is 0.505 e. The molecule has 1 amide bonds. The molecule has 202 valence electrons. The number of halogens is 1. The summed E-state index contributed by atoms with van der Waals surface area (Å²) in [7, 11) is 0. The number of likely N-dealkylation sites (tertiary alicyclic amines) is 1. The number of aliphatic imine (C=N–C) groups is 1. The summed E-state index contributed by atoms with van der Waals surface area (Å²) >= 11 is 1.20. The zero-order valence-corrected chi connectivity index (χ0v) is 22.4. The average Bonchev–Trinajstić information content (AvgIpc) is 3.52. The van der Waals surface area contributed by atoms with Gasteiger partial charge < -0.3 is 15.1 Å². The van der Waals surface area contributed by atoms with Gasteiger partial charge in [-0.2, -0.15) is 4.99 Å². The predicted molar refractivity (Wildman–Crippen MR) is 149 cm³/mol. The fourth-order valence-electron chi connectivity index (χ4n) is 8.34. The minimum atomic E-state index is -0.901. The van der Waals surface area contributed by atoms with Gasteiger partial charge in [0.05, 0.1) is 4.91 Å². The van der Waals surface area contributed by atoms with E-state index in [9.17, 15) is 19.8 Å². The van der Waals surface area contributed by atoms with Gasteiger partial charge in [-0.05, 0) is 127 Å². The number of carbonyl (C=O) groups excluding carboxylic acids is 1. The molecule has 0 radical (unpaired) electrons. The highest BCUT2D eigenvalue weighted by molar-refractivity contribution is 8.18. The molecule has 39 heavy (non-hydrogen) atoms. The molecular formula is C31H31FN2O4S. The fourth-order valence-corrected chi connectivity index (χ4v) is 9.33. The van der Waals surface area contributed by atoms with Gasteiger partial charge in [-0.15, -0.1) is 0 Å². The number of amides is 1. The number of benzene rings is 2. The maximum Gasteiger partial charge on any atom is 0.326 e. The Balaban J connectivity index is 1.18. The van der Waals surface area contributed by atoms with Crippen molar-refractivity contribution in [1.82, 2.24) is 4.90 Å². The van der Waals surface area contributed by atoms with Crippen LogP contribution in [0.4, 0.5) is 4.39 Å². The predicted octanol–water partition coefficient (Wildman–Crippen LogP) is 6.19. The number of phenolic OH excluding ortho intramolecular Hbond substituents is 1. The molecule has 4 saturated carbocycles. The van der Waals surface area contributed by atoms with Gasteiger partial charge in [0.2, 0.25) is 0 Å². The number of hydrogen-bond acceptors (Lipinski definition) is 5. The van der Waals surface area contributed by atoms with Gasteiger partial charge in [0.1, 0.15) is 6.04 Å². The maximum absolute atomic E-state index is 15.2. The minimum Gasteiger partial charge on any atom is -0.505 e. The van der Waals surface area contributed by atoms with Crippen LogP contribution in [0.3, 0.4) is 0 Å². The third-order valence-corrected chi connectivity index (χ3v) is 10.6. The summed E-state index contributed by atoms with van der Waals surface area (Å²) in [6.45, 7) is 0.567. The molecule has 6 nitrogen and oxygen atoms in total. The summed E-state index contributed by atoms with van der Waals surface area (Å²) in [5, 5.41) is 20.8. The van der Waals surface area contributed by atoms with Crippen LogP contribution in [0.5, 0.6) is 5.75 Å². The quantitative estimate of drug-likeness (QED) is 0.445. The lowest BCUT2D eigenvalue weighted by Crippen LogP contribution is -2.48. The Labute approximate surface area is 231 Å². The van der Waals surface area contributed by atoms with Gasteiger partial charge in [-0.3, -0.25) is 4.79 Å². The summed E-state index contributed by atoms with van der Waals surface area (Å²) < 4.78 is 15.2. The first kappa shape index (κ1) is 24.9. The van der Waals surface area contributed by atoms with Gasteiger partial charge in [-0.25, -0.2) is 9.18 Å². The van der Waals surface area contributed by atoms with E-state index in [1.165, 1.54) is 37.1 Å². The molecule has 1 saturated heterocycles. The Morgan fingerprint density at radius 1 is 1.08 bits per heavy atom. The molecule has 0 unspecified atom stereocenters. The Kier molecular flexibility index (Phi) is 5.88. The zero-order chi connectivity index (χ0) is 26.9. The van der Waals surface area contributed by atoms with Crippen LogP contribution in [0.25, 0.3) is 17.2 Å². The van der Waals surface area contributed by atoms with Crippen LogP contribution in [0.1, 0.15) is 62.5 Å². The molecule has 2 N–H and O–H groups in total. The zero-order valence-electron chi connectivity index (χ0n) is 21.6. The first-order valence-corrected chi connectivity index (χ1v) is 14.7. The molecule has 0 spiro atoms. The number of hydrogen-bond donors (Lipinski definition) is 2. The van der Waals surface area contributed by atoms with Crippen molar-refractivity contribution in [1.29, 1.82) is 0 Å². The Hall–Kier alpha value is -3.13. The smallest absolute Gasteiger partial charge is 0.326 e.